The van der Waals surface area contributed by atoms with E-state index in [4.69, 9.17) is 15.8 Å². The Morgan fingerprint density at radius 2 is 2.10 bits per heavy atom. The van der Waals surface area contributed by atoms with Crippen molar-refractivity contribution in [3.63, 3.8) is 0 Å². The second kappa shape index (κ2) is 5.60. The first-order valence-corrected chi connectivity index (χ1v) is 9.30. The van der Waals surface area contributed by atoms with Crippen LogP contribution in [0.5, 0.6) is 0 Å². The fourth-order valence-corrected chi connectivity index (χ4v) is 3.75. The molecule has 1 atom stereocenters. The maximum Gasteiger partial charge on any atom is 0.264 e. The molecular weight excluding hydrogens is 334 g/mol. The zero-order chi connectivity index (χ0) is 15.0. The van der Waals surface area contributed by atoms with Crippen LogP contribution in [0.15, 0.2) is 29.4 Å². The SMILES string of the molecule is CS(=O)(=O)O[C@H]1CSc2nc(-c3ccc(Cl)cc3)nn2C1. The first-order valence-electron chi connectivity index (χ1n) is 6.12. The molecule has 3 rings (SSSR count). The molecule has 0 aliphatic carbocycles. The van der Waals surface area contributed by atoms with E-state index in [1.54, 1.807) is 16.8 Å². The Kier molecular flexibility index (Phi) is 3.96. The largest absolute Gasteiger partial charge is 0.264 e. The lowest BCUT2D eigenvalue weighted by molar-refractivity contribution is 0.198. The van der Waals surface area contributed by atoms with Crippen LogP contribution in [0.2, 0.25) is 5.02 Å². The van der Waals surface area contributed by atoms with Crippen molar-refractivity contribution in [2.24, 2.45) is 0 Å². The van der Waals surface area contributed by atoms with Crippen molar-refractivity contribution >= 4 is 33.5 Å². The number of rotatable bonds is 3. The Labute approximate surface area is 131 Å². The normalized spacial score (nSPS) is 18.5. The van der Waals surface area contributed by atoms with Gasteiger partial charge in [0.05, 0.1) is 12.8 Å². The summed E-state index contributed by atoms with van der Waals surface area (Å²) >= 11 is 7.29. The molecule has 6 nitrogen and oxygen atoms in total. The lowest BCUT2D eigenvalue weighted by atomic mass is 10.2. The summed E-state index contributed by atoms with van der Waals surface area (Å²) in [7, 11) is -3.47. The standard InChI is InChI=1S/C12H12ClN3O3S2/c1-21(17,18)19-10-6-16-12(20-7-10)14-11(15-16)8-2-4-9(13)5-3-8/h2-5,10H,6-7H2,1H3/t10-/m1/s1. The third-order valence-electron chi connectivity index (χ3n) is 2.83. The molecule has 21 heavy (non-hydrogen) atoms. The minimum absolute atomic E-state index is 0.371. The third kappa shape index (κ3) is 3.57. The van der Waals surface area contributed by atoms with E-state index in [0.29, 0.717) is 23.1 Å². The number of thioether (sulfide) groups is 1. The van der Waals surface area contributed by atoms with Crippen molar-refractivity contribution in [2.45, 2.75) is 17.8 Å². The Hall–Kier alpha value is -1.09. The Bertz CT molecular complexity index is 759. The van der Waals surface area contributed by atoms with Gasteiger partial charge >= 0.3 is 0 Å². The van der Waals surface area contributed by atoms with Crippen LogP contribution in [0, 0.1) is 0 Å². The second-order valence-electron chi connectivity index (χ2n) is 4.64. The minimum Gasteiger partial charge on any atom is -0.264 e. The van der Waals surface area contributed by atoms with Gasteiger partial charge < -0.3 is 0 Å². The summed E-state index contributed by atoms with van der Waals surface area (Å²) in [6, 6.07) is 7.25. The number of aromatic nitrogens is 3. The van der Waals surface area contributed by atoms with E-state index in [1.165, 1.54) is 11.8 Å². The molecule has 1 aliphatic heterocycles. The van der Waals surface area contributed by atoms with Crippen LogP contribution in [0.4, 0.5) is 0 Å². The summed E-state index contributed by atoms with van der Waals surface area (Å²) in [5, 5.41) is 5.81. The fourth-order valence-electron chi connectivity index (χ4n) is 1.99. The molecular formula is C12H12ClN3O3S2. The number of hydrogen-bond donors (Lipinski definition) is 0. The maximum atomic E-state index is 11.2. The monoisotopic (exact) mass is 345 g/mol. The highest BCUT2D eigenvalue weighted by Crippen LogP contribution is 2.28. The predicted octanol–water partition coefficient (Wildman–Crippen LogP) is 2.05. The number of hydrogen-bond acceptors (Lipinski definition) is 6. The summed E-state index contributed by atoms with van der Waals surface area (Å²) in [6.45, 7) is 0.371. The molecule has 2 heterocycles. The molecule has 0 fully saturated rings. The van der Waals surface area contributed by atoms with Crippen molar-refractivity contribution in [3.8, 4) is 11.4 Å². The van der Waals surface area contributed by atoms with E-state index in [0.717, 1.165) is 17.0 Å². The van der Waals surface area contributed by atoms with Crippen molar-refractivity contribution < 1.29 is 12.6 Å². The molecule has 0 radical (unpaired) electrons. The number of halogens is 1. The summed E-state index contributed by atoms with van der Waals surface area (Å²) in [4.78, 5) is 4.45. The van der Waals surface area contributed by atoms with E-state index in [1.807, 2.05) is 12.1 Å². The van der Waals surface area contributed by atoms with Crippen LogP contribution in [-0.2, 0) is 20.8 Å². The van der Waals surface area contributed by atoms with Gasteiger partial charge in [-0.25, -0.2) is 9.67 Å². The molecule has 0 unspecified atom stereocenters. The van der Waals surface area contributed by atoms with Gasteiger partial charge in [-0.15, -0.1) is 5.10 Å². The fraction of sp³-hybridized carbons (Fsp3) is 0.333. The van der Waals surface area contributed by atoms with Crippen LogP contribution in [0.25, 0.3) is 11.4 Å². The highest BCUT2D eigenvalue weighted by atomic mass is 35.5. The first-order chi connectivity index (χ1) is 9.90. The molecule has 0 amide bonds. The number of benzene rings is 1. The van der Waals surface area contributed by atoms with Crippen LogP contribution in [0.1, 0.15) is 0 Å². The molecule has 112 valence electrons. The van der Waals surface area contributed by atoms with Gasteiger partial charge in [-0.2, -0.15) is 8.42 Å². The van der Waals surface area contributed by atoms with Gasteiger partial charge in [-0.05, 0) is 24.3 Å². The Morgan fingerprint density at radius 1 is 1.38 bits per heavy atom. The number of fused-ring (bicyclic) bond motifs is 1. The van der Waals surface area contributed by atoms with E-state index < -0.39 is 16.2 Å². The molecule has 9 heteroatoms. The van der Waals surface area contributed by atoms with Gasteiger partial charge in [0, 0.05) is 16.3 Å². The zero-order valence-corrected chi connectivity index (χ0v) is 13.5. The molecule has 0 spiro atoms. The van der Waals surface area contributed by atoms with Crippen LogP contribution in [0.3, 0.4) is 0 Å². The maximum absolute atomic E-state index is 11.2. The molecule has 0 bridgehead atoms. The molecule has 2 aromatic rings. The molecule has 1 aromatic heterocycles. The van der Waals surface area contributed by atoms with E-state index >= 15 is 0 Å². The summed E-state index contributed by atoms with van der Waals surface area (Å²) in [5.41, 5.74) is 0.863. The van der Waals surface area contributed by atoms with Crippen molar-refractivity contribution in [2.75, 3.05) is 12.0 Å². The van der Waals surface area contributed by atoms with Crippen LogP contribution < -0.4 is 0 Å². The highest BCUT2D eigenvalue weighted by Gasteiger charge is 2.25. The van der Waals surface area contributed by atoms with Gasteiger partial charge in [0.15, 0.2) is 11.0 Å². The average molecular weight is 346 g/mol. The van der Waals surface area contributed by atoms with Gasteiger partial charge in [-0.1, -0.05) is 23.4 Å². The van der Waals surface area contributed by atoms with E-state index in [9.17, 15) is 8.42 Å². The van der Waals surface area contributed by atoms with Gasteiger partial charge in [-0.3, -0.25) is 4.18 Å². The van der Waals surface area contributed by atoms with Crippen molar-refractivity contribution in [1.29, 1.82) is 0 Å². The minimum atomic E-state index is -3.47. The highest BCUT2D eigenvalue weighted by molar-refractivity contribution is 7.99. The van der Waals surface area contributed by atoms with Gasteiger partial charge in [0.1, 0.15) is 6.10 Å². The topological polar surface area (TPSA) is 74.1 Å². The molecule has 0 saturated carbocycles. The zero-order valence-electron chi connectivity index (χ0n) is 11.1. The van der Waals surface area contributed by atoms with Crippen LogP contribution >= 0.6 is 23.4 Å². The molecule has 0 N–H and O–H groups in total. The smallest absolute Gasteiger partial charge is 0.264 e. The lowest BCUT2D eigenvalue weighted by Gasteiger charge is -2.20. The first kappa shape index (κ1) is 14.8. The molecule has 1 aliphatic rings. The average Bonchev–Trinajstić information content (AvgIpc) is 2.80. The Morgan fingerprint density at radius 3 is 2.76 bits per heavy atom. The quantitative estimate of drug-likeness (QED) is 0.793. The summed E-state index contributed by atoms with van der Waals surface area (Å²) in [5.74, 6) is 1.13. The van der Waals surface area contributed by atoms with E-state index in [2.05, 4.69) is 10.1 Å². The van der Waals surface area contributed by atoms with Gasteiger partial charge in [0.2, 0.25) is 0 Å². The summed E-state index contributed by atoms with van der Waals surface area (Å²) in [6.07, 6.45) is 0.630. The summed E-state index contributed by atoms with van der Waals surface area (Å²) < 4.78 is 29.0. The predicted molar refractivity (Wildman–Crippen MR) is 80.9 cm³/mol. The van der Waals surface area contributed by atoms with E-state index in [-0.39, 0.29) is 0 Å². The van der Waals surface area contributed by atoms with Crippen molar-refractivity contribution in [3.05, 3.63) is 29.3 Å². The second-order valence-corrected chi connectivity index (χ2v) is 7.66. The van der Waals surface area contributed by atoms with Crippen LogP contribution in [-0.4, -0.2) is 41.3 Å². The molecule has 0 saturated heterocycles. The number of nitrogens with zero attached hydrogens (tertiary/aromatic N) is 3. The lowest BCUT2D eigenvalue weighted by Crippen LogP contribution is -2.29. The van der Waals surface area contributed by atoms with Gasteiger partial charge in [0.25, 0.3) is 10.1 Å². The van der Waals surface area contributed by atoms with Crippen molar-refractivity contribution in [1.82, 2.24) is 14.8 Å². The third-order valence-corrected chi connectivity index (χ3v) is 4.80. The molecule has 1 aromatic carbocycles. The Balaban J connectivity index is 1.83.